The minimum absolute atomic E-state index is 0.0294. The van der Waals surface area contributed by atoms with E-state index in [1.54, 1.807) is 24.3 Å². The van der Waals surface area contributed by atoms with Crippen molar-refractivity contribution in [3.63, 3.8) is 0 Å². The lowest BCUT2D eigenvalue weighted by atomic mass is 10.1. The maximum Gasteiger partial charge on any atom is 0.434 e. The summed E-state index contributed by atoms with van der Waals surface area (Å²) < 4.78 is 51.2. The van der Waals surface area contributed by atoms with Crippen LogP contribution in [0.4, 0.5) is 13.2 Å². The average molecular weight is 427 g/mol. The zero-order valence-corrected chi connectivity index (χ0v) is 16.6. The third-order valence-corrected chi connectivity index (χ3v) is 3.99. The molecule has 0 aliphatic rings. The summed E-state index contributed by atoms with van der Waals surface area (Å²) in [5.41, 5.74) is 0.408. The third kappa shape index (κ3) is 5.17. The number of hydrogen-bond acceptors (Lipinski definition) is 5. The largest absolute Gasteiger partial charge is 0.484 e. The predicted octanol–water partition coefficient (Wildman–Crippen LogP) is 4.92. The number of halogens is 4. The van der Waals surface area contributed by atoms with Gasteiger partial charge in [-0.1, -0.05) is 24.3 Å². The number of benzene rings is 1. The molecule has 0 radical (unpaired) electrons. The van der Waals surface area contributed by atoms with Crippen LogP contribution in [0.5, 0.6) is 11.6 Å². The minimum atomic E-state index is -4.49. The normalized spacial score (nSPS) is 11.7. The highest BCUT2D eigenvalue weighted by Gasteiger charge is 2.34. The summed E-state index contributed by atoms with van der Waals surface area (Å²) in [7, 11) is 1.52. The lowest BCUT2D eigenvalue weighted by molar-refractivity contribution is -0.140. The lowest BCUT2D eigenvalue weighted by Crippen LogP contribution is -2.09. The van der Waals surface area contributed by atoms with Gasteiger partial charge in [-0.05, 0) is 31.0 Å². The Kier molecular flexibility index (Phi) is 5.97. The summed E-state index contributed by atoms with van der Waals surface area (Å²) in [6.45, 7) is 3.88. The Labute approximate surface area is 170 Å². The van der Waals surface area contributed by atoms with Crippen molar-refractivity contribution in [3.8, 4) is 23.0 Å². The van der Waals surface area contributed by atoms with Crippen LogP contribution in [0, 0.1) is 0 Å². The molecule has 0 amide bonds. The summed E-state index contributed by atoms with van der Waals surface area (Å²) >= 11 is 5.83. The van der Waals surface area contributed by atoms with Gasteiger partial charge in [0.05, 0.1) is 12.3 Å². The van der Waals surface area contributed by atoms with Gasteiger partial charge in [-0.25, -0.2) is 9.97 Å². The van der Waals surface area contributed by atoms with E-state index in [-0.39, 0.29) is 29.7 Å². The predicted molar refractivity (Wildman–Crippen MR) is 101 cm³/mol. The highest BCUT2D eigenvalue weighted by Crippen LogP contribution is 2.31. The summed E-state index contributed by atoms with van der Waals surface area (Å²) in [5.74, 6) is 0.801. The van der Waals surface area contributed by atoms with Gasteiger partial charge < -0.3 is 14.0 Å². The molecule has 2 heterocycles. The molecule has 10 heteroatoms. The van der Waals surface area contributed by atoms with Crippen LogP contribution in [-0.4, -0.2) is 25.6 Å². The van der Waals surface area contributed by atoms with Gasteiger partial charge >= 0.3 is 6.18 Å². The molecule has 0 aliphatic carbocycles. The summed E-state index contributed by atoms with van der Waals surface area (Å²) in [6.07, 6.45) is -2.19. The Hall–Kier alpha value is -2.81. The number of hydrogen-bond donors (Lipinski definition) is 0. The van der Waals surface area contributed by atoms with Crippen LogP contribution in [-0.2, 0) is 19.8 Å². The Morgan fingerprint density at radius 3 is 2.41 bits per heavy atom. The molecule has 1 aromatic carbocycles. The molecule has 0 bridgehead atoms. The standard InChI is InChI=1S/C19H18ClF3N4O2/c1-11(2)29-14-8-24-18(20)26-17(14)28-10-12-4-6-13(7-5-12)16-25-15(9-27(16)3)19(21,22)23/h4-9,11H,10H2,1-3H3. The molecular formula is C19H18ClF3N4O2. The molecule has 0 unspecified atom stereocenters. The summed E-state index contributed by atoms with van der Waals surface area (Å²) in [5, 5.41) is 0.0294. The van der Waals surface area contributed by atoms with E-state index in [1.807, 2.05) is 13.8 Å². The van der Waals surface area contributed by atoms with Crippen LogP contribution in [0.3, 0.4) is 0 Å². The molecule has 29 heavy (non-hydrogen) atoms. The minimum Gasteiger partial charge on any atom is -0.484 e. The maximum absolute atomic E-state index is 12.8. The van der Waals surface area contributed by atoms with E-state index in [4.69, 9.17) is 21.1 Å². The van der Waals surface area contributed by atoms with Gasteiger partial charge in [0, 0.05) is 18.8 Å². The van der Waals surface area contributed by atoms with Crippen molar-refractivity contribution in [3.05, 3.63) is 53.2 Å². The first-order valence-corrected chi connectivity index (χ1v) is 9.03. The number of alkyl halides is 3. The molecule has 0 spiro atoms. The second-order valence-corrected chi connectivity index (χ2v) is 6.86. The van der Waals surface area contributed by atoms with Crippen LogP contribution in [0.15, 0.2) is 36.7 Å². The van der Waals surface area contributed by atoms with E-state index in [9.17, 15) is 13.2 Å². The molecule has 0 saturated carbocycles. The van der Waals surface area contributed by atoms with Crippen molar-refractivity contribution < 1.29 is 22.6 Å². The van der Waals surface area contributed by atoms with Gasteiger partial charge in [-0.15, -0.1) is 0 Å². The highest BCUT2D eigenvalue weighted by atomic mass is 35.5. The quantitative estimate of drug-likeness (QED) is 0.524. The second-order valence-electron chi connectivity index (χ2n) is 6.52. The molecular weight excluding hydrogens is 409 g/mol. The topological polar surface area (TPSA) is 62.1 Å². The summed E-state index contributed by atoms with van der Waals surface area (Å²) in [6, 6.07) is 6.84. The van der Waals surface area contributed by atoms with Crippen LogP contribution < -0.4 is 9.47 Å². The first-order chi connectivity index (χ1) is 13.6. The van der Waals surface area contributed by atoms with E-state index in [0.29, 0.717) is 11.3 Å². The monoisotopic (exact) mass is 426 g/mol. The Balaban J connectivity index is 1.74. The number of rotatable bonds is 6. The first-order valence-electron chi connectivity index (χ1n) is 8.65. The zero-order chi connectivity index (χ0) is 21.2. The Morgan fingerprint density at radius 2 is 1.83 bits per heavy atom. The van der Waals surface area contributed by atoms with E-state index >= 15 is 0 Å². The van der Waals surface area contributed by atoms with E-state index in [2.05, 4.69) is 15.0 Å². The highest BCUT2D eigenvalue weighted by molar-refractivity contribution is 6.28. The molecule has 6 nitrogen and oxygen atoms in total. The van der Waals surface area contributed by atoms with Gasteiger partial charge in [0.2, 0.25) is 5.28 Å². The van der Waals surface area contributed by atoms with Crippen molar-refractivity contribution in [2.24, 2.45) is 7.05 Å². The van der Waals surface area contributed by atoms with E-state index in [0.717, 1.165) is 11.8 Å². The fourth-order valence-electron chi connectivity index (χ4n) is 2.55. The van der Waals surface area contributed by atoms with Gasteiger partial charge in [-0.2, -0.15) is 18.2 Å². The molecule has 3 aromatic rings. The van der Waals surface area contributed by atoms with Crippen LogP contribution in [0.1, 0.15) is 25.1 Å². The van der Waals surface area contributed by atoms with Gasteiger partial charge in [0.25, 0.3) is 5.88 Å². The second kappa shape index (κ2) is 8.28. The van der Waals surface area contributed by atoms with Crippen molar-refractivity contribution >= 4 is 11.6 Å². The number of imidazole rings is 1. The molecule has 0 aliphatic heterocycles. The van der Waals surface area contributed by atoms with Gasteiger partial charge in [0.15, 0.2) is 11.4 Å². The smallest absolute Gasteiger partial charge is 0.434 e. The molecule has 0 saturated heterocycles. The number of ether oxygens (including phenoxy) is 2. The summed E-state index contributed by atoms with van der Waals surface area (Å²) in [4.78, 5) is 11.6. The average Bonchev–Trinajstić information content (AvgIpc) is 3.04. The SMILES string of the molecule is CC(C)Oc1cnc(Cl)nc1OCc1ccc(-c2nc(C(F)(F)F)cn2C)cc1. The fraction of sp³-hybridized carbons (Fsp3) is 0.316. The van der Waals surface area contributed by atoms with Crippen molar-refractivity contribution in [1.29, 1.82) is 0 Å². The first kappa shape index (κ1) is 20.9. The fourth-order valence-corrected chi connectivity index (χ4v) is 2.67. The number of aromatic nitrogens is 4. The Morgan fingerprint density at radius 1 is 1.14 bits per heavy atom. The van der Waals surface area contributed by atoms with E-state index in [1.165, 1.54) is 17.8 Å². The molecule has 3 rings (SSSR count). The van der Waals surface area contributed by atoms with Crippen LogP contribution in [0.2, 0.25) is 5.28 Å². The Bertz CT molecular complexity index is 988. The maximum atomic E-state index is 12.8. The molecule has 2 aromatic heterocycles. The van der Waals surface area contributed by atoms with Gasteiger partial charge in [0.1, 0.15) is 12.4 Å². The molecule has 154 valence electrons. The molecule has 0 N–H and O–H groups in total. The zero-order valence-electron chi connectivity index (χ0n) is 15.9. The molecule has 0 atom stereocenters. The van der Waals surface area contributed by atoms with Crippen molar-refractivity contribution in [2.45, 2.75) is 32.7 Å². The van der Waals surface area contributed by atoms with Crippen molar-refractivity contribution in [2.75, 3.05) is 0 Å². The van der Waals surface area contributed by atoms with Gasteiger partial charge in [-0.3, -0.25) is 0 Å². The lowest BCUT2D eigenvalue weighted by Gasteiger charge is -2.13. The molecule has 0 fully saturated rings. The number of aryl methyl sites for hydroxylation is 1. The number of nitrogens with zero attached hydrogens (tertiary/aromatic N) is 4. The van der Waals surface area contributed by atoms with E-state index < -0.39 is 11.9 Å². The van der Waals surface area contributed by atoms with Crippen LogP contribution in [0.25, 0.3) is 11.4 Å². The van der Waals surface area contributed by atoms with Crippen molar-refractivity contribution in [1.82, 2.24) is 19.5 Å². The van der Waals surface area contributed by atoms with Crippen LogP contribution >= 0.6 is 11.6 Å². The third-order valence-electron chi connectivity index (χ3n) is 3.81.